The van der Waals surface area contributed by atoms with Crippen LogP contribution >= 0.6 is 0 Å². The molecule has 2 saturated heterocycles. The summed E-state index contributed by atoms with van der Waals surface area (Å²) in [4.78, 5) is 10.7. The van der Waals surface area contributed by atoms with Gasteiger partial charge in [-0.3, -0.25) is 10.00 Å². The van der Waals surface area contributed by atoms with Crippen molar-refractivity contribution in [3.63, 3.8) is 0 Å². The normalized spacial score (nSPS) is 23.9. The smallest absolute Gasteiger partial charge is 0.153 e. The molecular formula is C21H26N8. The Bertz CT molecular complexity index is 1030. The maximum absolute atomic E-state index is 8.93. The molecule has 0 saturated carbocycles. The maximum Gasteiger partial charge on any atom is 0.153 e. The summed E-state index contributed by atoms with van der Waals surface area (Å²) in [5, 5.41) is 24.2. The SMILES string of the molecule is Cc1cc(Nc2nc(NC3CC4CC[C@@H](C3)N4CCC#N)cc3[nH]ccc23)n[nH]1. The molecule has 0 aliphatic carbocycles. The van der Waals surface area contributed by atoms with Gasteiger partial charge in [0, 0.05) is 60.5 Å². The average molecular weight is 390 g/mol. The highest BCUT2D eigenvalue weighted by Gasteiger charge is 2.40. The van der Waals surface area contributed by atoms with Gasteiger partial charge in [0.25, 0.3) is 0 Å². The molecule has 2 bridgehead atoms. The van der Waals surface area contributed by atoms with Crippen LogP contribution in [-0.2, 0) is 0 Å². The molecule has 29 heavy (non-hydrogen) atoms. The lowest BCUT2D eigenvalue weighted by Gasteiger charge is -2.39. The van der Waals surface area contributed by atoms with Crippen LogP contribution in [0.3, 0.4) is 0 Å². The van der Waals surface area contributed by atoms with Crippen LogP contribution in [0.25, 0.3) is 10.9 Å². The van der Waals surface area contributed by atoms with Gasteiger partial charge in [-0.1, -0.05) is 0 Å². The molecule has 3 aromatic heterocycles. The lowest BCUT2D eigenvalue weighted by Crippen LogP contribution is -2.47. The number of hydrogen-bond donors (Lipinski definition) is 4. The highest BCUT2D eigenvalue weighted by atomic mass is 15.2. The van der Waals surface area contributed by atoms with E-state index in [1.807, 2.05) is 25.3 Å². The van der Waals surface area contributed by atoms with Crippen LogP contribution in [0.5, 0.6) is 0 Å². The van der Waals surface area contributed by atoms with Crippen LogP contribution in [0.1, 0.15) is 37.8 Å². The molecule has 5 rings (SSSR count). The standard InChI is InChI=1S/C21H26N8/c1-13-9-20(28-27-13)26-21-17-5-7-23-18(17)12-19(25-21)24-14-10-15-3-4-16(11-14)29(15)8-2-6-22/h5,7,9,12,14-16,23H,2-4,8,10-11H2,1H3,(H3,24,25,26,27,28)/t14?,15-,16?/m0/s1. The molecule has 2 unspecified atom stereocenters. The lowest BCUT2D eigenvalue weighted by atomic mass is 9.97. The van der Waals surface area contributed by atoms with E-state index in [4.69, 9.17) is 10.2 Å². The van der Waals surface area contributed by atoms with Crippen molar-refractivity contribution in [3.05, 3.63) is 30.1 Å². The average Bonchev–Trinajstić information content (AvgIpc) is 3.39. The molecule has 0 aromatic carbocycles. The van der Waals surface area contributed by atoms with Crippen molar-refractivity contribution in [1.82, 2.24) is 25.1 Å². The first-order valence-electron chi connectivity index (χ1n) is 10.4. The number of nitriles is 1. The van der Waals surface area contributed by atoms with E-state index >= 15 is 0 Å². The van der Waals surface area contributed by atoms with Crippen LogP contribution in [0.2, 0.25) is 0 Å². The molecule has 8 nitrogen and oxygen atoms in total. The zero-order valence-corrected chi connectivity index (χ0v) is 16.6. The Morgan fingerprint density at radius 1 is 1.24 bits per heavy atom. The number of piperidine rings is 1. The Balaban J connectivity index is 1.34. The van der Waals surface area contributed by atoms with Gasteiger partial charge in [0.05, 0.1) is 11.6 Å². The number of hydrogen-bond acceptors (Lipinski definition) is 6. The summed E-state index contributed by atoms with van der Waals surface area (Å²) in [7, 11) is 0. The predicted molar refractivity (Wildman–Crippen MR) is 113 cm³/mol. The molecule has 0 spiro atoms. The van der Waals surface area contributed by atoms with Gasteiger partial charge < -0.3 is 15.6 Å². The van der Waals surface area contributed by atoms with Crippen LogP contribution in [0.4, 0.5) is 17.5 Å². The van der Waals surface area contributed by atoms with Gasteiger partial charge in [-0.2, -0.15) is 10.4 Å². The van der Waals surface area contributed by atoms with E-state index in [0.717, 1.165) is 53.4 Å². The van der Waals surface area contributed by atoms with Crippen LogP contribution in [0, 0.1) is 18.3 Å². The van der Waals surface area contributed by atoms with Gasteiger partial charge in [0.1, 0.15) is 11.6 Å². The highest BCUT2D eigenvalue weighted by Crippen LogP contribution is 2.37. The second-order valence-electron chi connectivity index (χ2n) is 8.20. The van der Waals surface area contributed by atoms with Crippen molar-refractivity contribution in [2.24, 2.45) is 0 Å². The zero-order chi connectivity index (χ0) is 19.8. The van der Waals surface area contributed by atoms with Gasteiger partial charge in [-0.05, 0) is 38.7 Å². The second kappa shape index (κ2) is 7.41. The summed E-state index contributed by atoms with van der Waals surface area (Å²) in [6.45, 7) is 2.88. The van der Waals surface area contributed by atoms with Gasteiger partial charge in [-0.25, -0.2) is 4.98 Å². The van der Waals surface area contributed by atoms with Crippen LogP contribution < -0.4 is 10.6 Å². The van der Waals surface area contributed by atoms with E-state index in [0.29, 0.717) is 24.5 Å². The number of rotatable bonds is 6. The Hall–Kier alpha value is -3.05. The molecule has 0 radical (unpaired) electrons. The van der Waals surface area contributed by atoms with Crippen molar-refractivity contribution >= 4 is 28.4 Å². The summed E-state index contributed by atoms with van der Waals surface area (Å²) < 4.78 is 0. The second-order valence-corrected chi connectivity index (χ2v) is 8.20. The monoisotopic (exact) mass is 390 g/mol. The Morgan fingerprint density at radius 3 is 2.79 bits per heavy atom. The predicted octanol–water partition coefficient (Wildman–Crippen LogP) is 3.66. The molecule has 5 heterocycles. The first-order valence-corrected chi connectivity index (χ1v) is 10.4. The van der Waals surface area contributed by atoms with Gasteiger partial charge >= 0.3 is 0 Å². The number of aryl methyl sites for hydroxylation is 1. The van der Waals surface area contributed by atoms with E-state index in [1.54, 1.807) is 0 Å². The first-order chi connectivity index (χ1) is 14.2. The molecule has 3 aromatic rings. The summed E-state index contributed by atoms with van der Waals surface area (Å²) in [6.07, 6.45) is 7.25. The Labute approximate surface area is 169 Å². The highest BCUT2D eigenvalue weighted by molar-refractivity contribution is 5.93. The molecule has 4 N–H and O–H groups in total. The first kappa shape index (κ1) is 18.0. The quantitative estimate of drug-likeness (QED) is 0.511. The maximum atomic E-state index is 8.93. The third kappa shape index (κ3) is 3.54. The van der Waals surface area contributed by atoms with Crippen molar-refractivity contribution in [1.29, 1.82) is 5.26 Å². The Morgan fingerprint density at radius 2 is 2.07 bits per heavy atom. The summed E-state index contributed by atoms with van der Waals surface area (Å²) in [5.74, 6) is 2.44. The van der Waals surface area contributed by atoms with E-state index < -0.39 is 0 Å². The van der Waals surface area contributed by atoms with Crippen molar-refractivity contribution in [2.75, 3.05) is 17.2 Å². The minimum Gasteiger partial charge on any atom is -0.367 e. The third-order valence-electron chi connectivity index (χ3n) is 6.22. The lowest BCUT2D eigenvalue weighted by molar-refractivity contribution is 0.136. The number of aromatic nitrogens is 4. The van der Waals surface area contributed by atoms with E-state index in [2.05, 4.69) is 42.9 Å². The number of nitrogens with zero attached hydrogens (tertiary/aromatic N) is 4. The minimum atomic E-state index is 0.409. The molecular weight excluding hydrogens is 364 g/mol. The van der Waals surface area contributed by atoms with E-state index in [1.165, 1.54) is 12.8 Å². The molecule has 2 fully saturated rings. The molecule has 3 atom stereocenters. The number of anilines is 3. The fourth-order valence-electron chi connectivity index (χ4n) is 4.98. The zero-order valence-electron chi connectivity index (χ0n) is 16.6. The summed E-state index contributed by atoms with van der Waals surface area (Å²) in [5.41, 5.74) is 2.05. The van der Waals surface area contributed by atoms with Gasteiger partial charge in [0.15, 0.2) is 5.82 Å². The summed E-state index contributed by atoms with van der Waals surface area (Å²) in [6, 6.07) is 9.94. The van der Waals surface area contributed by atoms with Crippen LogP contribution in [0.15, 0.2) is 24.4 Å². The largest absolute Gasteiger partial charge is 0.367 e. The topological polar surface area (TPSA) is 108 Å². The fourth-order valence-corrected chi connectivity index (χ4v) is 4.98. The number of aromatic amines is 2. The van der Waals surface area contributed by atoms with Crippen molar-refractivity contribution in [2.45, 2.75) is 57.2 Å². The fraction of sp³-hybridized carbons (Fsp3) is 0.476. The molecule has 8 heteroatoms. The van der Waals surface area contributed by atoms with Gasteiger partial charge in [0.2, 0.25) is 0 Å². The number of nitrogens with one attached hydrogen (secondary N) is 4. The Kier molecular flexibility index (Phi) is 4.60. The molecule has 2 aliphatic rings. The summed E-state index contributed by atoms with van der Waals surface area (Å²) >= 11 is 0. The van der Waals surface area contributed by atoms with Crippen molar-refractivity contribution in [3.8, 4) is 6.07 Å². The minimum absolute atomic E-state index is 0.409. The molecule has 2 aliphatic heterocycles. The van der Waals surface area contributed by atoms with E-state index in [9.17, 15) is 0 Å². The molecule has 150 valence electrons. The number of fused-ring (bicyclic) bond motifs is 3. The van der Waals surface area contributed by atoms with Gasteiger partial charge in [-0.15, -0.1) is 0 Å². The van der Waals surface area contributed by atoms with Crippen molar-refractivity contribution < 1.29 is 0 Å². The molecule has 0 amide bonds. The number of pyridine rings is 1. The van der Waals surface area contributed by atoms with Crippen LogP contribution in [-0.4, -0.2) is 49.7 Å². The third-order valence-corrected chi connectivity index (χ3v) is 6.22. The van der Waals surface area contributed by atoms with E-state index in [-0.39, 0.29) is 0 Å². The number of H-pyrrole nitrogens is 2.